The molecule has 8 nitrogen and oxygen atoms in total. The average Bonchev–Trinajstić information content (AvgIpc) is 3.08. The number of sulfonamides is 1. The van der Waals surface area contributed by atoms with Crippen LogP contribution in [0.1, 0.15) is 44.6 Å². The molecule has 0 aliphatic carbocycles. The second kappa shape index (κ2) is 10.3. The van der Waals surface area contributed by atoms with Crippen LogP contribution in [0.2, 0.25) is 0 Å². The smallest absolute Gasteiger partial charge is 0.354 e. The van der Waals surface area contributed by atoms with Gasteiger partial charge in [0.2, 0.25) is 10.0 Å². The van der Waals surface area contributed by atoms with E-state index >= 15 is 0 Å². The van der Waals surface area contributed by atoms with E-state index in [-0.39, 0.29) is 22.7 Å². The SMILES string of the molecule is CCn1c(C)c(C(=O)CN(Cc2ccncc2)S(=O)(=O)c2ccc(F)cc2)c(C)c1C(=O)OC. The fraction of sp³-hybridized carbons (Fsp3) is 0.292. The Morgan fingerprint density at radius 1 is 1.09 bits per heavy atom. The van der Waals surface area contributed by atoms with Crippen LogP contribution in [0, 0.1) is 19.7 Å². The Hall–Kier alpha value is -3.37. The summed E-state index contributed by atoms with van der Waals surface area (Å²) in [6.07, 6.45) is 3.05. The van der Waals surface area contributed by atoms with Crippen molar-refractivity contribution in [1.82, 2.24) is 13.9 Å². The van der Waals surface area contributed by atoms with Crippen LogP contribution in [0.3, 0.4) is 0 Å². The van der Waals surface area contributed by atoms with Crippen LogP contribution in [0.15, 0.2) is 53.7 Å². The molecule has 0 spiro atoms. The Bertz CT molecular complexity index is 1300. The Kier molecular flexibility index (Phi) is 7.63. The summed E-state index contributed by atoms with van der Waals surface area (Å²) in [5, 5.41) is 0. The minimum Gasteiger partial charge on any atom is -0.464 e. The molecular formula is C24H26FN3O5S. The number of halogens is 1. The summed E-state index contributed by atoms with van der Waals surface area (Å²) < 4.78 is 47.8. The Labute approximate surface area is 198 Å². The van der Waals surface area contributed by atoms with Gasteiger partial charge in [0.15, 0.2) is 5.78 Å². The highest BCUT2D eigenvalue weighted by Crippen LogP contribution is 2.26. The van der Waals surface area contributed by atoms with Gasteiger partial charge in [-0.3, -0.25) is 9.78 Å². The highest BCUT2D eigenvalue weighted by molar-refractivity contribution is 7.89. The summed E-state index contributed by atoms with van der Waals surface area (Å²) in [5.74, 6) is -1.61. The van der Waals surface area contributed by atoms with Crippen LogP contribution in [-0.2, 0) is 27.8 Å². The van der Waals surface area contributed by atoms with Gasteiger partial charge in [-0.15, -0.1) is 0 Å². The van der Waals surface area contributed by atoms with E-state index in [9.17, 15) is 22.4 Å². The van der Waals surface area contributed by atoms with Crippen molar-refractivity contribution in [3.05, 3.63) is 82.7 Å². The van der Waals surface area contributed by atoms with E-state index in [0.717, 1.165) is 28.6 Å². The third-order valence-electron chi connectivity index (χ3n) is 5.62. The van der Waals surface area contributed by atoms with Gasteiger partial charge >= 0.3 is 5.97 Å². The molecule has 0 aliphatic rings. The molecule has 0 radical (unpaired) electrons. The maximum Gasteiger partial charge on any atom is 0.354 e. The number of benzene rings is 1. The molecule has 0 unspecified atom stereocenters. The number of hydrogen-bond donors (Lipinski definition) is 0. The van der Waals surface area contributed by atoms with Gasteiger partial charge in [-0.25, -0.2) is 17.6 Å². The zero-order valence-electron chi connectivity index (χ0n) is 19.4. The van der Waals surface area contributed by atoms with Gasteiger partial charge in [-0.1, -0.05) is 0 Å². The highest BCUT2D eigenvalue weighted by atomic mass is 32.2. The number of esters is 1. The number of ether oxygens (including phenoxy) is 1. The van der Waals surface area contributed by atoms with Crippen molar-refractivity contribution < 1.29 is 27.1 Å². The molecule has 0 atom stereocenters. The van der Waals surface area contributed by atoms with Crippen LogP contribution in [0.5, 0.6) is 0 Å². The molecule has 10 heteroatoms. The van der Waals surface area contributed by atoms with E-state index in [4.69, 9.17) is 4.74 Å². The van der Waals surface area contributed by atoms with Crippen molar-refractivity contribution in [2.75, 3.05) is 13.7 Å². The van der Waals surface area contributed by atoms with E-state index in [1.165, 1.54) is 19.5 Å². The van der Waals surface area contributed by atoms with Crippen molar-refractivity contribution in [1.29, 1.82) is 0 Å². The lowest BCUT2D eigenvalue weighted by Crippen LogP contribution is -2.35. The molecule has 180 valence electrons. The molecule has 2 aromatic heterocycles. The first-order chi connectivity index (χ1) is 16.1. The second-order valence-corrected chi connectivity index (χ2v) is 9.61. The molecule has 0 fully saturated rings. The molecule has 2 heterocycles. The number of carbonyl (C=O) groups excluding carboxylic acids is 2. The number of carbonyl (C=O) groups is 2. The summed E-state index contributed by atoms with van der Waals surface area (Å²) in [4.78, 5) is 29.6. The lowest BCUT2D eigenvalue weighted by atomic mass is 10.1. The molecule has 34 heavy (non-hydrogen) atoms. The van der Waals surface area contributed by atoms with Gasteiger partial charge in [0.1, 0.15) is 11.5 Å². The molecule has 0 aliphatic heterocycles. The minimum atomic E-state index is -4.15. The number of hydrogen-bond acceptors (Lipinski definition) is 6. The summed E-state index contributed by atoms with van der Waals surface area (Å²) in [6.45, 7) is 5.04. The monoisotopic (exact) mass is 487 g/mol. The van der Waals surface area contributed by atoms with Crippen molar-refractivity contribution >= 4 is 21.8 Å². The van der Waals surface area contributed by atoms with Gasteiger partial charge in [0.05, 0.1) is 18.6 Å². The number of aromatic nitrogens is 2. The molecule has 0 N–H and O–H groups in total. The first-order valence-corrected chi connectivity index (χ1v) is 12.0. The van der Waals surface area contributed by atoms with Gasteiger partial charge in [0, 0.05) is 36.7 Å². The minimum absolute atomic E-state index is 0.0928. The normalized spacial score (nSPS) is 11.6. The summed E-state index contributed by atoms with van der Waals surface area (Å²) >= 11 is 0. The Balaban J connectivity index is 2.05. The zero-order valence-corrected chi connectivity index (χ0v) is 20.2. The molecule has 0 saturated carbocycles. The number of Topliss-reactive ketones (excluding diaryl/α,β-unsaturated/α-hetero) is 1. The number of methoxy groups -OCH3 is 1. The third kappa shape index (κ3) is 4.92. The third-order valence-corrected chi connectivity index (χ3v) is 7.43. The van der Waals surface area contributed by atoms with E-state index in [1.54, 1.807) is 30.5 Å². The van der Waals surface area contributed by atoms with E-state index in [2.05, 4.69) is 4.98 Å². The molecule has 3 rings (SSSR count). The topological polar surface area (TPSA) is 98.6 Å². The zero-order chi connectivity index (χ0) is 25.0. The first kappa shape index (κ1) is 25.3. The predicted octanol–water partition coefficient (Wildman–Crippen LogP) is 3.52. The summed E-state index contributed by atoms with van der Waals surface area (Å²) in [6, 6.07) is 7.73. The van der Waals surface area contributed by atoms with Crippen LogP contribution in [0.25, 0.3) is 0 Å². The summed E-state index contributed by atoms with van der Waals surface area (Å²) in [5.41, 5.74) is 2.14. The summed E-state index contributed by atoms with van der Waals surface area (Å²) in [7, 11) is -2.89. The number of pyridine rings is 1. The number of ketones is 1. The molecule has 0 saturated heterocycles. The van der Waals surface area contributed by atoms with Crippen LogP contribution >= 0.6 is 0 Å². The van der Waals surface area contributed by atoms with Gasteiger partial charge in [0.25, 0.3) is 0 Å². The van der Waals surface area contributed by atoms with Crippen LogP contribution in [-0.4, -0.2) is 47.7 Å². The van der Waals surface area contributed by atoms with Gasteiger partial charge in [-0.2, -0.15) is 4.31 Å². The van der Waals surface area contributed by atoms with Crippen LogP contribution < -0.4 is 0 Å². The maximum atomic E-state index is 13.5. The van der Waals surface area contributed by atoms with E-state index < -0.39 is 34.1 Å². The van der Waals surface area contributed by atoms with Crippen molar-refractivity contribution in [3.8, 4) is 0 Å². The van der Waals surface area contributed by atoms with E-state index in [1.807, 2.05) is 6.92 Å². The molecule has 3 aromatic rings. The maximum absolute atomic E-state index is 13.5. The van der Waals surface area contributed by atoms with Crippen molar-refractivity contribution in [2.24, 2.45) is 0 Å². The second-order valence-electron chi connectivity index (χ2n) is 7.68. The molecule has 1 aromatic carbocycles. The quantitative estimate of drug-likeness (QED) is 0.338. The van der Waals surface area contributed by atoms with Gasteiger partial charge in [-0.05, 0) is 68.3 Å². The van der Waals surface area contributed by atoms with Gasteiger partial charge < -0.3 is 9.30 Å². The molecule has 0 bridgehead atoms. The molecular weight excluding hydrogens is 461 g/mol. The molecule has 0 amide bonds. The van der Waals surface area contributed by atoms with Crippen LogP contribution in [0.4, 0.5) is 4.39 Å². The Morgan fingerprint density at radius 3 is 2.26 bits per heavy atom. The Morgan fingerprint density at radius 2 is 1.71 bits per heavy atom. The lowest BCUT2D eigenvalue weighted by Gasteiger charge is -2.22. The fourth-order valence-electron chi connectivity index (χ4n) is 3.97. The largest absolute Gasteiger partial charge is 0.464 e. The fourth-order valence-corrected chi connectivity index (χ4v) is 5.36. The van der Waals surface area contributed by atoms with Crippen molar-refractivity contribution in [3.63, 3.8) is 0 Å². The van der Waals surface area contributed by atoms with Crippen molar-refractivity contribution in [2.45, 2.75) is 38.8 Å². The standard InChI is InChI=1S/C24H26FN3O5S/c1-5-28-17(3)22(16(2)23(28)24(30)33-4)21(29)15-27(14-18-10-12-26-13-11-18)34(31,32)20-8-6-19(25)7-9-20/h6-13H,5,14-15H2,1-4H3. The first-order valence-electron chi connectivity index (χ1n) is 10.6. The van der Waals surface area contributed by atoms with E-state index in [0.29, 0.717) is 23.4 Å². The number of rotatable bonds is 9. The predicted molar refractivity (Wildman–Crippen MR) is 123 cm³/mol. The average molecular weight is 488 g/mol. The number of nitrogens with zero attached hydrogens (tertiary/aromatic N) is 3. The highest BCUT2D eigenvalue weighted by Gasteiger charge is 2.31. The lowest BCUT2D eigenvalue weighted by molar-refractivity contribution is 0.0587.